The SMILES string of the molecule is OC[C@H]1OC(Oc2cc3c(OC4O[C@H](CO)[C@@H](O)[C@H](O)[C@H]4O)cc(O)cc3[o+]c2-c2cc(O)c(O)c(O)c2)[C@H](O)[C@@H](O)[C@@H]1O. The van der Waals surface area contributed by atoms with Gasteiger partial charge in [0.15, 0.2) is 17.2 Å². The maximum Gasteiger partial charge on any atom is 0.402 e. The van der Waals surface area contributed by atoms with Crippen LogP contribution in [-0.2, 0) is 9.47 Å². The smallest absolute Gasteiger partial charge is 0.402 e. The second-order valence-electron chi connectivity index (χ2n) is 10.3. The van der Waals surface area contributed by atoms with Gasteiger partial charge < -0.3 is 80.2 Å². The van der Waals surface area contributed by atoms with Gasteiger partial charge in [0.2, 0.25) is 18.3 Å². The first-order valence-electron chi connectivity index (χ1n) is 13.2. The largest absolute Gasteiger partial charge is 0.507 e. The van der Waals surface area contributed by atoms with Crippen LogP contribution in [-0.4, -0.2) is 136 Å². The van der Waals surface area contributed by atoms with Crippen LogP contribution in [0.25, 0.3) is 22.3 Å². The summed E-state index contributed by atoms with van der Waals surface area (Å²) in [6.07, 6.45) is -16.8. The molecule has 3 heterocycles. The third kappa shape index (κ3) is 5.73. The van der Waals surface area contributed by atoms with Gasteiger partial charge in [-0.25, -0.2) is 4.42 Å². The van der Waals surface area contributed by atoms with Crippen molar-refractivity contribution in [2.24, 2.45) is 0 Å². The zero-order chi connectivity index (χ0) is 32.0. The lowest BCUT2D eigenvalue weighted by atomic mass is 9.99. The summed E-state index contributed by atoms with van der Waals surface area (Å²) in [5, 5.41) is 121. The number of fused-ring (bicyclic) bond motifs is 1. The van der Waals surface area contributed by atoms with Crippen LogP contribution in [0, 0.1) is 0 Å². The van der Waals surface area contributed by atoms with Crippen molar-refractivity contribution in [2.45, 2.75) is 61.4 Å². The third-order valence-corrected chi connectivity index (χ3v) is 7.32. The van der Waals surface area contributed by atoms with Crippen molar-refractivity contribution in [3.63, 3.8) is 0 Å². The third-order valence-electron chi connectivity index (χ3n) is 7.32. The molecular weight excluding hydrogens is 596 g/mol. The van der Waals surface area contributed by atoms with E-state index in [1.54, 1.807) is 0 Å². The molecule has 2 aliphatic heterocycles. The molecule has 2 unspecified atom stereocenters. The first-order valence-corrected chi connectivity index (χ1v) is 13.2. The summed E-state index contributed by atoms with van der Waals surface area (Å²) < 4.78 is 28.2. The number of hydrogen-bond donors (Lipinski definition) is 12. The predicted molar refractivity (Wildman–Crippen MR) is 142 cm³/mol. The fraction of sp³-hybridized carbons (Fsp3) is 0.444. The van der Waals surface area contributed by atoms with Crippen LogP contribution in [0.2, 0.25) is 0 Å². The number of ether oxygens (including phenoxy) is 4. The van der Waals surface area contributed by atoms with Crippen molar-refractivity contribution < 1.29 is 84.6 Å². The van der Waals surface area contributed by atoms with E-state index >= 15 is 0 Å². The quantitative estimate of drug-likeness (QED) is 0.0956. The van der Waals surface area contributed by atoms with E-state index in [9.17, 15) is 61.3 Å². The highest BCUT2D eigenvalue weighted by Crippen LogP contribution is 2.45. The zero-order valence-corrected chi connectivity index (χ0v) is 22.5. The fourth-order valence-electron chi connectivity index (χ4n) is 4.87. The number of aliphatic hydroxyl groups excluding tert-OH is 8. The van der Waals surface area contributed by atoms with E-state index in [2.05, 4.69) is 0 Å². The van der Waals surface area contributed by atoms with Crippen molar-refractivity contribution in [1.29, 1.82) is 0 Å². The van der Waals surface area contributed by atoms with E-state index in [0.717, 1.165) is 24.3 Å². The molecule has 5 rings (SSSR count). The lowest BCUT2D eigenvalue weighted by Crippen LogP contribution is -2.60. The second kappa shape index (κ2) is 12.3. The Balaban J connectivity index is 1.63. The van der Waals surface area contributed by atoms with Gasteiger partial charge in [-0.05, 0) is 0 Å². The standard InChI is InChI=1S/C27H30O17/c28-6-16-19(34)21(36)23(38)26(43-16)41-14-4-9(30)3-13-10(14)5-15(25(40-13)8-1-11(31)18(33)12(32)2-8)42-27-24(39)22(37)20(35)17(7-29)44-27/h1-5,16-17,19-24,26-29,34-39H,6-7H2,(H3-,30,31,32,33)/p+1/t16-,17-,19-,20-,21+,22+,23-,24-,26?,27?/m1/s1. The predicted octanol–water partition coefficient (Wildman–Crippen LogP) is -2.44. The first-order chi connectivity index (χ1) is 20.8. The Kier molecular flexibility index (Phi) is 8.87. The number of rotatable bonds is 7. The summed E-state index contributed by atoms with van der Waals surface area (Å²) in [7, 11) is 0. The lowest BCUT2D eigenvalue weighted by molar-refractivity contribution is -0.277. The van der Waals surface area contributed by atoms with Gasteiger partial charge in [-0.1, -0.05) is 0 Å². The molecule has 44 heavy (non-hydrogen) atoms. The van der Waals surface area contributed by atoms with E-state index in [0.29, 0.717) is 0 Å². The monoisotopic (exact) mass is 627 g/mol. The Labute approximate surface area is 246 Å². The highest BCUT2D eigenvalue weighted by molar-refractivity contribution is 5.89. The van der Waals surface area contributed by atoms with E-state index in [1.807, 2.05) is 0 Å². The van der Waals surface area contributed by atoms with Gasteiger partial charge in [0, 0.05) is 24.3 Å². The van der Waals surface area contributed by atoms with E-state index in [4.69, 9.17) is 23.4 Å². The topological polar surface area (TPSA) is 291 Å². The van der Waals surface area contributed by atoms with Gasteiger partial charge in [0.25, 0.3) is 0 Å². The van der Waals surface area contributed by atoms with Crippen LogP contribution in [0.15, 0.2) is 34.7 Å². The van der Waals surface area contributed by atoms with Crippen molar-refractivity contribution >= 4 is 11.0 Å². The molecule has 17 heteroatoms. The molecule has 17 nitrogen and oxygen atoms in total. The molecule has 0 aliphatic carbocycles. The van der Waals surface area contributed by atoms with Crippen LogP contribution in [0.4, 0.5) is 0 Å². The Morgan fingerprint density at radius 3 is 1.61 bits per heavy atom. The van der Waals surface area contributed by atoms with Gasteiger partial charge in [0.1, 0.15) is 65.7 Å². The van der Waals surface area contributed by atoms with Crippen LogP contribution < -0.4 is 9.47 Å². The summed E-state index contributed by atoms with van der Waals surface area (Å²) in [5.74, 6) is -3.72. The maximum atomic E-state index is 10.6. The van der Waals surface area contributed by atoms with Gasteiger partial charge in [-0.3, -0.25) is 0 Å². The summed E-state index contributed by atoms with van der Waals surface area (Å²) in [5.41, 5.74) is -0.258. The number of aliphatic hydroxyl groups is 8. The Hall–Kier alpha value is -3.75. The molecule has 1 aromatic heterocycles. The minimum absolute atomic E-state index is 0.0182. The molecule has 2 fully saturated rings. The zero-order valence-electron chi connectivity index (χ0n) is 22.5. The highest BCUT2D eigenvalue weighted by Gasteiger charge is 2.47. The highest BCUT2D eigenvalue weighted by atomic mass is 16.7. The van der Waals surface area contributed by atoms with E-state index < -0.39 is 97.6 Å². The van der Waals surface area contributed by atoms with Crippen LogP contribution in [0.1, 0.15) is 0 Å². The van der Waals surface area contributed by atoms with Crippen molar-refractivity contribution in [3.8, 4) is 45.8 Å². The average Bonchev–Trinajstić information content (AvgIpc) is 2.99. The Morgan fingerprint density at radius 1 is 0.614 bits per heavy atom. The molecule has 0 bridgehead atoms. The van der Waals surface area contributed by atoms with Crippen molar-refractivity contribution in [2.75, 3.05) is 13.2 Å². The molecule has 0 radical (unpaired) electrons. The van der Waals surface area contributed by atoms with Crippen molar-refractivity contribution in [3.05, 3.63) is 30.3 Å². The summed E-state index contributed by atoms with van der Waals surface area (Å²) in [4.78, 5) is 0. The second-order valence-corrected chi connectivity index (χ2v) is 10.3. The molecular formula is C27H31O17+. The van der Waals surface area contributed by atoms with Gasteiger partial charge in [-0.15, -0.1) is 0 Å². The fourth-order valence-corrected chi connectivity index (χ4v) is 4.87. The molecule has 2 saturated heterocycles. The molecule has 2 aliphatic rings. The van der Waals surface area contributed by atoms with Crippen LogP contribution in [0.3, 0.4) is 0 Å². The number of aromatic hydroxyl groups is 4. The summed E-state index contributed by atoms with van der Waals surface area (Å²) in [6.45, 7) is -1.51. The molecule has 0 saturated carbocycles. The lowest BCUT2D eigenvalue weighted by Gasteiger charge is -2.39. The van der Waals surface area contributed by atoms with Crippen LogP contribution in [0.5, 0.6) is 34.5 Å². The molecule has 12 N–H and O–H groups in total. The van der Waals surface area contributed by atoms with E-state index in [-0.39, 0.29) is 33.8 Å². The molecule has 0 amide bonds. The maximum absolute atomic E-state index is 10.6. The summed E-state index contributed by atoms with van der Waals surface area (Å²) >= 11 is 0. The molecule has 10 atom stereocenters. The van der Waals surface area contributed by atoms with E-state index in [1.165, 1.54) is 6.07 Å². The average molecular weight is 628 g/mol. The Bertz CT molecular complexity index is 1470. The number of benzene rings is 2. The Morgan fingerprint density at radius 2 is 1.11 bits per heavy atom. The van der Waals surface area contributed by atoms with Gasteiger partial charge in [0.05, 0.1) is 24.8 Å². The van der Waals surface area contributed by atoms with Crippen LogP contribution >= 0.6 is 0 Å². The molecule has 2 aromatic carbocycles. The minimum atomic E-state index is -1.87. The molecule has 0 spiro atoms. The van der Waals surface area contributed by atoms with Gasteiger partial charge >= 0.3 is 11.3 Å². The van der Waals surface area contributed by atoms with Gasteiger partial charge in [-0.2, -0.15) is 0 Å². The number of hydrogen-bond acceptors (Lipinski definition) is 16. The summed E-state index contributed by atoms with van der Waals surface area (Å²) in [6, 6.07) is 5.35. The van der Waals surface area contributed by atoms with Crippen molar-refractivity contribution in [1.82, 2.24) is 0 Å². The molecule has 3 aromatic rings. The molecule has 240 valence electrons. The first kappa shape index (κ1) is 31.7. The normalized spacial score (nSPS) is 32.5. The number of phenols is 4. The minimum Gasteiger partial charge on any atom is -0.507 e. The number of phenolic OH excluding ortho intramolecular Hbond substituents is 4.